The lowest BCUT2D eigenvalue weighted by Gasteiger charge is -1.98. The molecule has 0 heterocycles. The molecule has 3 aromatic rings. The van der Waals surface area contributed by atoms with Gasteiger partial charge in [-0.15, -0.1) is 0 Å². The molecule has 0 aliphatic rings. The van der Waals surface area contributed by atoms with Crippen LogP contribution in [0.15, 0.2) is 94.9 Å². The molecule has 2 nitrogen and oxygen atoms in total. The molecule has 23 heavy (non-hydrogen) atoms. The van der Waals surface area contributed by atoms with Crippen LogP contribution in [0.4, 0.5) is 11.4 Å². The Morgan fingerprint density at radius 1 is 0.609 bits per heavy atom. The van der Waals surface area contributed by atoms with Gasteiger partial charge in [0.05, 0.1) is 11.4 Å². The normalized spacial score (nSPS) is 10.3. The molecule has 0 saturated heterocycles. The molecule has 0 radical (unpaired) electrons. The average molecular weight is 296 g/mol. The number of rotatable bonds is 4. The van der Waals surface area contributed by atoms with Crippen molar-refractivity contribution in [3.05, 3.63) is 96.1 Å². The van der Waals surface area contributed by atoms with Gasteiger partial charge in [-0.1, -0.05) is 78.9 Å². The van der Waals surface area contributed by atoms with Crippen LogP contribution in [0.25, 0.3) is 12.2 Å². The van der Waals surface area contributed by atoms with Gasteiger partial charge in [-0.25, -0.2) is 0 Å². The van der Waals surface area contributed by atoms with E-state index in [-0.39, 0.29) is 0 Å². The van der Waals surface area contributed by atoms with Gasteiger partial charge in [-0.3, -0.25) is 0 Å². The summed E-state index contributed by atoms with van der Waals surface area (Å²) in [6.07, 6.45) is 4.13. The van der Waals surface area contributed by atoms with Crippen LogP contribution < -0.4 is 0 Å². The summed E-state index contributed by atoms with van der Waals surface area (Å²) in [5, 5.41) is 0. The van der Waals surface area contributed by atoms with Crippen LogP contribution in [0.3, 0.4) is 0 Å². The maximum atomic E-state index is 4.35. The lowest BCUT2D eigenvalue weighted by atomic mass is 10.1. The van der Waals surface area contributed by atoms with Crippen molar-refractivity contribution in [2.24, 2.45) is 9.98 Å². The van der Waals surface area contributed by atoms with Crippen molar-refractivity contribution in [2.45, 2.75) is 0 Å². The first kappa shape index (κ1) is 14.7. The Morgan fingerprint density at radius 2 is 1.26 bits per heavy atom. The van der Waals surface area contributed by atoms with E-state index in [0.29, 0.717) is 0 Å². The molecule has 0 aliphatic carbocycles. The van der Waals surface area contributed by atoms with E-state index in [1.165, 1.54) is 0 Å². The molecule has 0 atom stereocenters. The van der Waals surface area contributed by atoms with Gasteiger partial charge in [0.2, 0.25) is 0 Å². The zero-order valence-corrected chi connectivity index (χ0v) is 12.6. The monoisotopic (exact) mass is 296 g/mol. The van der Waals surface area contributed by atoms with Crippen molar-refractivity contribution in [1.29, 1.82) is 0 Å². The summed E-state index contributed by atoms with van der Waals surface area (Å²) < 4.78 is 0. The molecule has 0 spiro atoms. The Hall–Kier alpha value is -3.22. The van der Waals surface area contributed by atoms with E-state index < -0.39 is 0 Å². The molecule has 0 unspecified atom stereocenters. The van der Waals surface area contributed by atoms with Crippen LogP contribution in [-0.4, -0.2) is 6.01 Å². The van der Waals surface area contributed by atoms with Crippen LogP contribution in [0, 0.1) is 0 Å². The summed E-state index contributed by atoms with van der Waals surface area (Å²) in [4.78, 5) is 8.57. The summed E-state index contributed by atoms with van der Waals surface area (Å²) in [6, 6.07) is 30.6. The Labute approximate surface area is 136 Å². The van der Waals surface area contributed by atoms with Crippen LogP contribution in [-0.2, 0) is 0 Å². The minimum Gasteiger partial charge on any atom is -0.188 e. The van der Waals surface area contributed by atoms with Gasteiger partial charge in [0.15, 0.2) is 0 Å². The molecule has 3 rings (SSSR count). The number of para-hydroxylation sites is 2. The van der Waals surface area contributed by atoms with Gasteiger partial charge in [0.25, 0.3) is 0 Å². The largest absolute Gasteiger partial charge is 0.188 e. The SMILES string of the molecule is C(=Nc1ccccc1)=Nc1ccccc1/C=C/c1ccccc1. The number of nitrogens with zero attached hydrogens (tertiary/aromatic N) is 2. The third kappa shape index (κ3) is 4.37. The van der Waals surface area contributed by atoms with E-state index >= 15 is 0 Å². The lowest BCUT2D eigenvalue weighted by Crippen LogP contribution is -1.74. The lowest BCUT2D eigenvalue weighted by molar-refractivity contribution is 1.48. The molecule has 0 bridgehead atoms. The Kier molecular flexibility index (Phi) is 4.92. The van der Waals surface area contributed by atoms with Crippen molar-refractivity contribution in [1.82, 2.24) is 0 Å². The maximum Gasteiger partial charge on any atom is 0.100 e. The molecular weight excluding hydrogens is 280 g/mol. The Balaban J connectivity index is 1.84. The molecule has 0 N–H and O–H groups in total. The quantitative estimate of drug-likeness (QED) is 0.417. The third-order valence-corrected chi connectivity index (χ3v) is 3.30. The number of aliphatic imine (C=N–C) groups is 2. The highest BCUT2D eigenvalue weighted by Gasteiger charge is 1.95. The first-order valence-electron chi connectivity index (χ1n) is 7.45. The topological polar surface area (TPSA) is 24.7 Å². The number of hydrogen-bond acceptors (Lipinski definition) is 2. The Bertz CT molecular complexity index is 843. The molecule has 2 heteroatoms. The second-order valence-corrected chi connectivity index (χ2v) is 4.96. The number of benzene rings is 3. The predicted octanol–water partition coefficient (Wildman–Crippen LogP) is 5.99. The summed E-state index contributed by atoms with van der Waals surface area (Å²) in [5.41, 5.74) is 3.88. The van der Waals surface area contributed by atoms with Crippen molar-refractivity contribution in [2.75, 3.05) is 0 Å². The molecule has 0 aromatic heterocycles. The van der Waals surface area contributed by atoms with Gasteiger partial charge in [-0.05, 0) is 23.8 Å². The fourth-order valence-corrected chi connectivity index (χ4v) is 2.12. The number of hydrogen-bond donors (Lipinski definition) is 0. The maximum absolute atomic E-state index is 4.35. The van der Waals surface area contributed by atoms with Gasteiger partial charge in [0.1, 0.15) is 6.01 Å². The van der Waals surface area contributed by atoms with E-state index in [1.807, 2.05) is 72.8 Å². The van der Waals surface area contributed by atoms with E-state index in [4.69, 9.17) is 0 Å². The van der Waals surface area contributed by atoms with Gasteiger partial charge in [0, 0.05) is 5.56 Å². The summed E-state index contributed by atoms with van der Waals surface area (Å²) in [7, 11) is 0. The average Bonchev–Trinajstić information content (AvgIpc) is 2.63. The van der Waals surface area contributed by atoms with Crippen molar-refractivity contribution in [3.8, 4) is 0 Å². The molecule has 0 aliphatic heterocycles. The summed E-state index contributed by atoms with van der Waals surface area (Å²) in [6.45, 7) is 0. The highest BCUT2D eigenvalue weighted by atomic mass is 14.8. The molecule has 0 amide bonds. The van der Waals surface area contributed by atoms with Gasteiger partial charge >= 0.3 is 0 Å². The molecule has 3 aromatic carbocycles. The molecule has 0 saturated carbocycles. The highest BCUT2D eigenvalue weighted by molar-refractivity contribution is 5.76. The fourth-order valence-electron chi connectivity index (χ4n) is 2.12. The second-order valence-electron chi connectivity index (χ2n) is 4.96. The minimum atomic E-state index is 0.841. The fraction of sp³-hybridized carbons (Fsp3) is 0. The van der Waals surface area contributed by atoms with Crippen LogP contribution in [0.1, 0.15) is 11.1 Å². The first-order chi connectivity index (χ1) is 11.4. The predicted molar refractivity (Wildman–Crippen MR) is 97.4 cm³/mol. The van der Waals surface area contributed by atoms with E-state index in [9.17, 15) is 0 Å². The van der Waals surface area contributed by atoms with Crippen molar-refractivity contribution < 1.29 is 0 Å². The van der Waals surface area contributed by atoms with E-state index in [1.54, 1.807) is 0 Å². The highest BCUT2D eigenvalue weighted by Crippen LogP contribution is 2.21. The van der Waals surface area contributed by atoms with Crippen molar-refractivity contribution >= 4 is 29.5 Å². The summed E-state index contributed by atoms with van der Waals surface area (Å²) in [5.74, 6) is 0. The van der Waals surface area contributed by atoms with Crippen LogP contribution >= 0.6 is 0 Å². The zero-order chi connectivity index (χ0) is 15.7. The van der Waals surface area contributed by atoms with Crippen LogP contribution in [0.2, 0.25) is 0 Å². The van der Waals surface area contributed by atoms with Gasteiger partial charge < -0.3 is 0 Å². The Morgan fingerprint density at radius 3 is 2.04 bits per heavy atom. The summed E-state index contributed by atoms with van der Waals surface area (Å²) >= 11 is 0. The smallest absolute Gasteiger partial charge is 0.100 e. The molecule has 110 valence electrons. The van der Waals surface area contributed by atoms with Crippen molar-refractivity contribution in [3.63, 3.8) is 0 Å². The third-order valence-electron chi connectivity index (χ3n) is 3.30. The zero-order valence-electron chi connectivity index (χ0n) is 12.6. The molecule has 0 fully saturated rings. The van der Waals surface area contributed by atoms with E-state index in [0.717, 1.165) is 22.5 Å². The second kappa shape index (κ2) is 7.69. The van der Waals surface area contributed by atoms with Gasteiger partial charge in [-0.2, -0.15) is 9.98 Å². The van der Waals surface area contributed by atoms with Crippen LogP contribution in [0.5, 0.6) is 0 Å². The first-order valence-corrected chi connectivity index (χ1v) is 7.45. The van der Waals surface area contributed by atoms with E-state index in [2.05, 4.69) is 40.3 Å². The molecular formula is C21H16N2. The standard InChI is InChI=1S/C21H16N2/c1-3-9-18(10-4-1)15-16-19-11-7-8-14-21(19)23-17-22-20-12-5-2-6-13-20/h1-16H/b16-15+. The minimum absolute atomic E-state index is 0.841.